The third kappa shape index (κ3) is 3.50. The number of hydrogen-bond acceptors (Lipinski definition) is 1. The SMILES string of the molecule is Cc1ccc(CCC(=O)c2cc(F)cc(F)c2)c(C)c1. The molecule has 0 aliphatic carbocycles. The second kappa shape index (κ2) is 5.95. The minimum atomic E-state index is -0.722. The maximum absolute atomic E-state index is 13.1. The van der Waals surface area contributed by atoms with Crippen LogP contribution >= 0.6 is 0 Å². The Morgan fingerprint density at radius 1 is 1.00 bits per heavy atom. The van der Waals surface area contributed by atoms with Gasteiger partial charge in [0.2, 0.25) is 0 Å². The van der Waals surface area contributed by atoms with E-state index in [1.807, 2.05) is 26.0 Å². The maximum atomic E-state index is 13.1. The molecular weight excluding hydrogens is 258 g/mol. The Balaban J connectivity index is 2.08. The minimum Gasteiger partial charge on any atom is -0.294 e. The van der Waals surface area contributed by atoms with Gasteiger partial charge < -0.3 is 0 Å². The lowest BCUT2D eigenvalue weighted by Gasteiger charge is -2.07. The molecule has 0 saturated heterocycles. The van der Waals surface area contributed by atoms with E-state index in [2.05, 4.69) is 6.07 Å². The van der Waals surface area contributed by atoms with Crippen LogP contribution in [0, 0.1) is 25.5 Å². The molecule has 0 aromatic heterocycles. The zero-order valence-electron chi connectivity index (χ0n) is 11.5. The van der Waals surface area contributed by atoms with Crippen molar-refractivity contribution < 1.29 is 13.6 Å². The summed E-state index contributed by atoms with van der Waals surface area (Å²) in [5, 5.41) is 0. The van der Waals surface area contributed by atoms with E-state index in [1.165, 1.54) is 5.56 Å². The fraction of sp³-hybridized carbons (Fsp3) is 0.235. The highest BCUT2D eigenvalue weighted by Gasteiger charge is 2.10. The molecule has 20 heavy (non-hydrogen) atoms. The number of benzene rings is 2. The minimum absolute atomic E-state index is 0.0901. The first-order valence-corrected chi connectivity index (χ1v) is 6.51. The highest BCUT2D eigenvalue weighted by Crippen LogP contribution is 2.15. The number of carbonyl (C=O) groups excluding carboxylic acids is 1. The third-order valence-electron chi connectivity index (χ3n) is 3.30. The number of hydrogen-bond donors (Lipinski definition) is 0. The highest BCUT2D eigenvalue weighted by molar-refractivity contribution is 5.96. The number of rotatable bonds is 4. The second-order valence-corrected chi connectivity index (χ2v) is 5.01. The van der Waals surface area contributed by atoms with Gasteiger partial charge in [-0.25, -0.2) is 8.78 Å². The summed E-state index contributed by atoms with van der Waals surface area (Å²) in [6.07, 6.45) is 0.815. The second-order valence-electron chi connectivity index (χ2n) is 5.01. The smallest absolute Gasteiger partial charge is 0.163 e. The number of ketones is 1. The maximum Gasteiger partial charge on any atom is 0.163 e. The fourth-order valence-electron chi connectivity index (χ4n) is 2.23. The van der Waals surface area contributed by atoms with E-state index in [0.29, 0.717) is 6.42 Å². The molecule has 0 unspecified atom stereocenters. The Morgan fingerprint density at radius 3 is 2.25 bits per heavy atom. The molecule has 104 valence electrons. The lowest BCUT2D eigenvalue weighted by molar-refractivity contribution is 0.0982. The topological polar surface area (TPSA) is 17.1 Å². The molecular formula is C17H16F2O. The monoisotopic (exact) mass is 274 g/mol. The van der Waals surface area contributed by atoms with Gasteiger partial charge >= 0.3 is 0 Å². The Hall–Kier alpha value is -2.03. The summed E-state index contributed by atoms with van der Waals surface area (Å²) >= 11 is 0. The van der Waals surface area contributed by atoms with Gasteiger partial charge in [-0.2, -0.15) is 0 Å². The summed E-state index contributed by atoms with van der Waals surface area (Å²) in [4.78, 5) is 12.0. The van der Waals surface area contributed by atoms with Gasteiger partial charge in [-0.15, -0.1) is 0 Å². The first-order valence-electron chi connectivity index (χ1n) is 6.51. The van der Waals surface area contributed by atoms with Gasteiger partial charge in [-0.05, 0) is 43.5 Å². The van der Waals surface area contributed by atoms with E-state index in [4.69, 9.17) is 0 Å². The molecule has 0 saturated carbocycles. The summed E-state index contributed by atoms with van der Waals surface area (Å²) in [6, 6.07) is 8.96. The average Bonchev–Trinajstić information content (AvgIpc) is 2.36. The van der Waals surface area contributed by atoms with Crippen molar-refractivity contribution >= 4 is 5.78 Å². The molecule has 0 N–H and O–H groups in total. The summed E-state index contributed by atoms with van der Waals surface area (Å²) in [6.45, 7) is 4.01. The van der Waals surface area contributed by atoms with Crippen molar-refractivity contribution in [2.75, 3.05) is 0 Å². The van der Waals surface area contributed by atoms with E-state index >= 15 is 0 Å². The number of aryl methyl sites for hydroxylation is 3. The molecule has 2 rings (SSSR count). The summed E-state index contributed by atoms with van der Waals surface area (Å²) < 4.78 is 26.1. The zero-order valence-corrected chi connectivity index (χ0v) is 11.5. The van der Waals surface area contributed by atoms with Crippen molar-refractivity contribution in [2.45, 2.75) is 26.7 Å². The van der Waals surface area contributed by atoms with Crippen molar-refractivity contribution in [3.8, 4) is 0 Å². The van der Waals surface area contributed by atoms with Crippen LogP contribution in [0.4, 0.5) is 8.78 Å². The molecule has 0 aliphatic heterocycles. The van der Waals surface area contributed by atoms with E-state index < -0.39 is 11.6 Å². The Morgan fingerprint density at radius 2 is 1.65 bits per heavy atom. The summed E-state index contributed by atoms with van der Waals surface area (Å²) in [5.41, 5.74) is 3.47. The molecule has 0 amide bonds. The van der Waals surface area contributed by atoms with Crippen LogP contribution < -0.4 is 0 Å². The van der Waals surface area contributed by atoms with Crippen LogP contribution in [-0.2, 0) is 6.42 Å². The van der Waals surface area contributed by atoms with Gasteiger partial charge in [0.15, 0.2) is 5.78 Å². The van der Waals surface area contributed by atoms with Crippen LogP contribution in [0.1, 0.15) is 33.5 Å². The number of Topliss-reactive ketones (excluding diaryl/α,β-unsaturated/α-hetero) is 1. The molecule has 0 fully saturated rings. The van der Waals surface area contributed by atoms with Crippen LogP contribution in [0.25, 0.3) is 0 Å². The Kier molecular flexibility index (Phi) is 4.28. The van der Waals surface area contributed by atoms with Crippen LogP contribution in [0.5, 0.6) is 0 Å². The number of carbonyl (C=O) groups is 1. The van der Waals surface area contributed by atoms with E-state index in [9.17, 15) is 13.6 Å². The van der Waals surface area contributed by atoms with Crippen molar-refractivity contribution in [3.05, 3.63) is 70.3 Å². The lowest BCUT2D eigenvalue weighted by atomic mass is 9.98. The van der Waals surface area contributed by atoms with Gasteiger partial charge in [0.25, 0.3) is 0 Å². The third-order valence-corrected chi connectivity index (χ3v) is 3.30. The van der Waals surface area contributed by atoms with E-state index in [1.54, 1.807) is 0 Å². The molecule has 3 heteroatoms. The first-order chi connectivity index (χ1) is 9.45. The number of halogens is 2. The van der Waals surface area contributed by atoms with Crippen LogP contribution in [0.2, 0.25) is 0 Å². The van der Waals surface area contributed by atoms with Gasteiger partial charge in [0, 0.05) is 18.1 Å². The average molecular weight is 274 g/mol. The molecule has 0 atom stereocenters. The van der Waals surface area contributed by atoms with Gasteiger partial charge in [0.05, 0.1) is 0 Å². The molecule has 0 bridgehead atoms. The lowest BCUT2D eigenvalue weighted by Crippen LogP contribution is -2.03. The first kappa shape index (κ1) is 14.4. The van der Waals surface area contributed by atoms with Crippen LogP contribution in [-0.4, -0.2) is 5.78 Å². The normalized spacial score (nSPS) is 10.6. The molecule has 0 heterocycles. The zero-order chi connectivity index (χ0) is 14.7. The molecule has 2 aromatic carbocycles. The van der Waals surface area contributed by atoms with Crippen molar-refractivity contribution in [3.63, 3.8) is 0 Å². The Labute approximate surface area is 117 Å². The molecule has 2 aromatic rings. The van der Waals surface area contributed by atoms with Gasteiger partial charge in [-0.3, -0.25) is 4.79 Å². The molecule has 0 aliphatic rings. The van der Waals surface area contributed by atoms with Gasteiger partial charge in [0.1, 0.15) is 11.6 Å². The van der Waals surface area contributed by atoms with Crippen molar-refractivity contribution in [1.29, 1.82) is 0 Å². The molecule has 1 nitrogen and oxygen atoms in total. The van der Waals surface area contributed by atoms with Crippen LogP contribution in [0.3, 0.4) is 0 Å². The predicted molar refractivity (Wildman–Crippen MR) is 74.9 cm³/mol. The van der Waals surface area contributed by atoms with Crippen LogP contribution in [0.15, 0.2) is 36.4 Å². The highest BCUT2D eigenvalue weighted by atomic mass is 19.1. The molecule has 0 radical (unpaired) electrons. The standard InChI is InChI=1S/C17H16F2O/c1-11-3-4-13(12(2)7-11)5-6-17(20)14-8-15(18)10-16(19)9-14/h3-4,7-10H,5-6H2,1-2H3. The summed E-state index contributed by atoms with van der Waals surface area (Å²) in [5.74, 6) is -1.69. The largest absolute Gasteiger partial charge is 0.294 e. The summed E-state index contributed by atoms with van der Waals surface area (Å²) in [7, 11) is 0. The fourth-order valence-corrected chi connectivity index (χ4v) is 2.23. The molecule has 0 spiro atoms. The predicted octanol–water partition coefficient (Wildman–Crippen LogP) is 4.40. The Bertz CT molecular complexity index is 627. The quantitative estimate of drug-likeness (QED) is 0.755. The van der Waals surface area contributed by atoms with Crippen molar-refractivity contribution in [1.82, 2.24) is 0 Å². The van der Waals surface area contributed by atoms with E-state index in [0.717, 1.165) is 29.3 Å². The van der Waals surface area contributed by atoms with Gasteiger partial charge in [-0.1, -0.05) is 23.8 Å². The van der Waals surface area contributed by atoms with Crippen molar-refractivity contribution in [2.24, 2.45) is 0 Å². The van der Waals surface area contributed by atoms with E-state index in [-0.39, 0.29) is 17.8 Å².